The van der Waals surface area contributed by atoms with E-state index in [0.29, 0.717) is 0 Å². The van der Waals surface area contributed by atoms with E-state index in [1.807, 2.05) is 26.1 Å². The van der Waals surface area contributed by atoms with Crippen LogP contribution < -0.4 is 0 Å². The number of hydrogen-bond donors (Lipinski definition) is 0. The number of aromatic nitrogens is 5. The number of rotatable bonds is 1. The van der Waals surface area contributed by atoms with Gasteiger partial charge in [-0.05, 0) is 31.0 Å². The molecule has 0 saturated heterocycles. The maximum atomic E-state index is 4.41. The molecular weight excluding hydrogens is 214 g/mol. The molecule has 0 aromatic carbocycles. The second-order valence-electron chi connectivity index (χ2n) is 4.02. The summed E-state index contributed by atoms with van der Waals surface area (Å²) >= 11 is 0. The van der Waals surface area contributed by atoms with Gasteiger partial charge in [0.05, 0.1) is 11.7 Å². The van der Waals surface area contributed by atoms with Gasteiger partial charge >= 0.3 is 0 Å². The first-order valence-corrected chi connectivity index (χ1v) is 5.35. The topological polar surface area (TPSA) is 56.5 Å². The molecule has 5 heteroatoms. The lowest BCUT2D eigenvalue weighted by molar-refractivity contribution is 0.794. The van der Waals surface area contributed by atoms with E-state index >= 15 is 0 Å². The summed E-state index contributed by atoms with van der Waals surface area (Å²) in [6, 6.07) is 3.97. The summed E-state index contributed by atoms with van der Waals surface area (Å²) in [5.41, 5.74) is 3.90. The van der Waals surface area contributed by atoms with Crippen LogP contribution in [-0.4, -0.2) is 25.0 Å². The zero-order valence-corrected chi connectivity index (χ0v) is 9.62. The SMILES string of the molecule is Cc1cnc(-n2nnc3cnccc32)c(C)c1. The first kappa shape index (κ1) is 9.89. The third-order valence-corrected chi connectivity index (χ3v) is 2.64. The fourth-order valence-electron chi connectivity index (χ4n) is 1.86. The van der Waals surface area contributed by atoms with Gasteiger partial charge in [-0.3, -0.25) is 4.98 Å². The summed E-state index contributed by atoms with van der Waals surface area (Å²) in [4.78, 5) is 8.43. The Morgan fingerprint density at radius 2 is 2.06 bits per heavy atom. The molecule has 0 atom stereocenters. The molecule has 5 nitrogen and oxygen atoms in total. The minimum atomic E-state index is 0.772. The normalized spacial score (nSPS) is 10.9. The molecule has 3 rings (SSSR count). The second kappa shape index (κ2) is 3.62. The van der Waals surface area contributed by atoms with Gasteiger partial charge in [0.25, 0.3) is 0 Å². The molecular formula is C12H11N5. The number of fused-ring (bicyclic) bond motifs is 1. The average molecular weight is 225 g/mol. The summed E-state index contributed by atoms with van der Waals surface area (Å²) in [6.45, 7) is 4.04. The molecule has 0 amide bonds. The molecule has 84 valence electrons. The molecule has 0 aliphatic heterocycles. The highest BCUT2D eigenvalue weighted by atomic mass is 15.4. The van der Waals surface area contributed by atoms with E-state index < -0.39 is 0 Å². The molecule has 0 spiro atoms. The van der Waals surface area contributed by atoms with Crippen molar-refractivity contribution in [2.75, 3.05) is 0 Å². The first-order valence-electron chi connectivity index (χ1n) is 5.35. The van der Waals surface area contributed by atoms with E-state index in [-0.39, 0.29) is 0 Å². The maximum absolute atomic E-state index is 4.41. The Hall–Kier alpha value is -2.30. The fourth-order valence-corrected chi connectivity index (χ4v) is 1.86. The number of pyridine rings is 2. The van der Waals surface area contributed by atoms with Crippen LogP contribution in [0.2, 0.25) is 0 Å². The Morgan fingerprint density at radius 1 is 1.18 bits per heavy atom. The van der Waals surface area contributed by atoms with Gasteiger partial charge < -0.3 is 0 Å². The smallest absolute Gasteiger partial charge is 0.158 e. The van der Waals surface area contributed by atoms with E-state index in [0.717, 1.165) is 28.0 Å². The van der Waals surface area contributed by atoms with Gasteiger partial charge in [0.2, 0.25) is 0 Å². The van der Waals surface area contributed by atoms with Gasteiger partial charge in [-0.25, -0.2) is 4.98 Å². The zero-order chi connectivity index (χ0) is 11.8. The Morgan fingerprint density at radius 3 is 2.88 bits per heavy atom. The summed E-state index contributed by atoms with van der Waals surface area (Å²) in [5, 5.41) is 8.19. The minimum absolute atomic E-state index is 0.772. The number of nitrogens with zero attached hydrogens (tertiary/aromatic N) is 5. The molecule has 0 aliphatic rings. The van der Waals surface area contributed by atoms with Gasteiger partial charge in [0.1, 0.15) is 5.52 Å². The van der Waals surface area contributed by atoms with Crippen molar-refractivity contribution in [1.29, 1.82) is 0 Å². The molecule has 3 aromatic rings. The van der Waals surface area contributed by atoms with Gasteiger partial charge in [0.15, 0.2) is 5.82 Å². The van der Waals surface area contributed by atoms with Crippen molar-refractivity contribution in [1.82, 2.24) is 25.0 Å². The van der Waals surface area contributed by atoms with Crippen LogP contribution in [0.25, 0.3) is 16.9 Å². The largest absolute Gasteiger partial charge is 0.262 e. The highest BCUT2D eigenvalue weighted by Gasteiger charge is 2.09. The van der Waals surface area contributed by atoms with E-state index in [1.54, 1.807) is 17.1 Å². The second-order valence-corrected chi connectivity index (χ2v) is 4.02. The van der Waals surface area contributed by atoms with Crippen molar-refractivity contribution in [3.05, 3.63) is 41.9 Å². The third-order valence-electron chi connectivity index (χ3n) is 2.64. The van der Waals surface area contributed by atoms with Crippen molar-refractivity contribution in [2.45, 2.75) is 13.8 Å². The summed E-state index contributed by atoms with van der Waals surface area (Å²) in [7, 11) is 0. The van der Waals surface area contributed by atoms with Crippen LogP contribution in [-0.2, 0) is 0 Å². The van der Waals surface area contributed by atoms with E-state index in [4.69, 9.17) is 0 Å². The van der Waals surface area contributed by atoms with Crippen molar-refractivity contribution in [2.24, 2.45) is 0 Å². The molecule has 0 bridgehead atoms. The lowest BCUT2D eigenvalue weighted by atomic mass is 10.2. The molecule has 3 aromatic heterocycles. The third kappa shape index (κ3) is 1.56. The lowest BCUT2D eigenvalue weighted by Gasteiger charge is -2.05. The summed E-state index contributed by atoms with van der Waals surface area (Å²) in [6.07, 6.45) is 5.26. The van der Waals surface area contributed by atoms with Crippen molar-refractivity contribution < 1.29 is 0 Å². The molecule has 0 fully saturated rings. The molecule has 0 N–H and O–H groups in total. The quantitative estimate of drug-likeness (QED) is 0.634. The first-order chi connectivity index (χ1) is 8.25. The van der Waals surface area contributed by atoms with Gasteiger partial charge in [-0.15, -0.1) is 5.10 Å². The molecule has 3 heterocycles. The average Bonchev–Trinajstić information content (AvgIpc) is 2.73. The zero-order valence-electron chi connectivity index (χ0n) is 9.62. The summed E-state index contributed by atoms with van der Waals surface area (Å²) in [5.74, 6) is 0.810. The van der Waals surface area contributed by atoms with Crippen LogP contribution >= 0.6 is 0 Å². The van der Waals surface area contributed by atoms with Gasteiger partial charge in [0, 0.05) is 12.4 Å². The van der Waals surface area contributed by atoms with Crippen LogP contribution in [0.3, 0.4) is 0 Å². The van der Waals surface area contributed by atoms with E-state index in [9.17, 15) is 0 Å². The van der Waals surface area contributed by atoms with Crippen LogP contribution in [0.4, 0.5) is 0 Å². The van der Waals surface area contributed by atoms with Crippen LogP contribution in [0.5, 0.6) is 0 Å². The molecule has 0 unspecified atom stereocenters. The van der Waals surface area contributed by atoms with E-state index in [1.165, 1.54) is 0 Å². The van der Waals surface area contributed by atoms with Gasteiger partial charge in [-0.2, -0.15) is 4.68 Å². The van der Waals surface area contributed by atoms with Gasteiger partial charge in [-0.1, -0.05) is 11.3 Å². The van der Waals surface area contributed by atoms with Crippen molar-refractivity contribution in [3.63, 3.8) is 0 Å². The number of aryl methyl sites for hydroxylation is 2. The Balaban J connectivity index is 2.27. The molecule has 0 radical (unpaired) electrons. The fraction of sp³-hybridized carbons (Fsp3) is 0.167. The Labute approximate surface area is 98.1 Å². The highest BCUT2D eigenvalue weighted by molar-refractivity contribution is 5.74. The minimum Gasteiger partial charge on any atom is -0.262 e. The van der Waals surface area contributed by atoms with Crippen molar-refractivity contribution >= 4 is 11.0 Å². The van der Waals surface area contributed by atoms with Crippen LogP contribution in [0.15, 0.2) is 30.7 Å². The Kier molecular flexibility index (Phi) is 2.11. The van der Waals surface area contributed by atoms with Crippen LogP contribution in [0.1, 0.15) is 11.1 Å². The summed E-state index contributed by atoms with van der Waals surface area (Å²) < 4.78 is 1.74. The molecule has 17 heavy (non-hydrogen) atoms. The van der Waals surface area contributed by atoms with E-state index in [2.05, 4.69) is 26.3 Å². The number of hydrogen-bond acceptors (Lipinski definition) is 4. The standard InChI is InChI=1S/C12H11N5/c1-8-5-9(2)12(14-6-8)17-11-3-4-13-7-10(11)15-16-17/h3-7H,1-2H3. The predicted octanol–water partition coefficient (Wildman–Crippen LogP) is 1.83. The predicted molar refractivity (Wildman–Crippen MR) is 63.9 cm³/mol. The molecule has 0 saturated carbocycles. The van der Waals surface area contributed by atoms with Crippen LogP contribution in [0, 0.1) is 13.8 Å². The van der Waals surface area contributed by atoms with Crippen molar-refractivity contribution in [3.8, 4) is 5.82 Å². The monoisotopic (exact) mass is 225 g/mol. The maximum Gasteiger partial charge on any atom is 0.158 e. The molecule has 0 aliphatic carbocycles. The Bertz CT molecular complexity index is 686. The highest BCUT2D eigenvalue weighted by Crippen LogP contribution is 2.16. The lowest BCUT2D eigenvalue weighted by Crippen LogP contribution is -2.02.